The van der Waals surface area contributed by atoms with Crippen LogP contribution in [-0.2, 0) is 0 Å². The summed E-state index contributed by atoms with van der Waals surface area (Å²) in [6, 6.07) is 0. The Morgan fingerprint density at radius 3 is 3.00 bits per heavy atom. The summed E-state index contributed by atoms with van der Waals surface area (Å²) in [4.78, 5) is 2.84. The molecule has 1 aliphatic rings. The first kappa shape index (κ1) is 9.89. The number of nitrogens with zero attached hydrogens (tertiary/aromatic N) is 1. The largest absolute Gasteiger partial charge is 0.395 e. The van der Waals surface area contributed by atoms with Crippen LogP contribution in [0, 0.1) is 5.92 Å². The standard InChI is InChI=1S/C8H16N2OS/c9-8(12)7-2-1-3-10(6-7)4-5-11/h7,11H,1-6H2,(H2,9,12). The second-order valence-electron chi connectivity index (χ2n) is 3.27. The second-order valence-corrected chi connectivity index (χ2v) is 3.74. The van der Waals surface area contributed by atoms with E-state index in [1.54, 1.807) is 0 Å². The van der Waals surface area contributed by atoms with Crippen molar-refractivity contribution >= 4 is 17.2 Å². The fourth-order valence-electron chi connectivity index (χ4n) is 1.63. The molecule has 70 valence electrons. The van der Waals surface area contributed by atoms with Gasteiger partial charge < -0.3 is 15.7 Å². The molecule has 0 aliphatic carbocycles. The number of aliphatic hydroxyl groups excluding tert-OH is 1. The Morgan fingerprint density at radius 2 is 2.42 bits per heavy atom. The molecule has 0 saturated carbocycles. The molecule has 1 atom stereocenters. The minimum atomic E-state index is 0.226. The van der Waals surface area contributed by atoms with Crippen LogP contribution >= 0.6 is 12.2 Å². The molecule has 1 aliphatic heterocycles. The van der Waals surface area contributed by atoms with E-state index in [9.17, 15) is 0 Å². The summed E-state index contributed by atoms with van der Waals surface area (Å²) in [5.74, 6) is 0.361. The first-order valence-electron chi connectivity index (χ1n) is 4.36. The SMILES string of the molecule is NC(=S)C1CCCN(CCO)C1. The molecule has 0 aromatic heterocycles. The van der Waals surface area contributed by atoms with E-state index in [1.807, 2.05) is 0 Å². The highest BCUT2D eigenvalue weighted by Gasteiger charge is 2.20. The Balaban J connectivity index is 2.35. The van der Waals surface area contributed by atoms with Gasteiger partial charge in [0.1, 0.15) is 0 Å². The molecule has 1 fully saturated rings. The van der Waals surface area contributed by atoms with Gasteiger partial charge in [-0.2, -0.15) is 0 Å². The van der Waals surface area contributed by atoms with E-state index in [0.29, 0.717) is 10.9 Å². The van der Waals surface area contributed by atoms with Gasteiger partial charge in [0, 0.05) is 19.0 Å². The average molecular weight is 188 g/mol. The van der Waals surface area contributed by atoms with E-state index in [1.165, 1.54) is 0 Å². The van der Waals surface area contributed by atoms with Gasteiger partial charge in [-0.3, -0.25) is 0 Å². The third-order valence-electron chi connectivity index (χ3n) is 2.32. The molecule has 12 heavy (non-hydrogen) atoms. The molecule has 0 amide bonds. The Morgan fingerprint density at radius 1 is 1.67 bits per heavy atom. The molecule has 0 aromatic carbocycles. The molecule has 0 aromatic rings. The topological polar surface area (TPSA) is 49.5 Å². The van der Waals surface area contributed by atoms with Crippen LogP contribution in [0.5, 0.6) is 0 Å². The maximum atomic E-state index is 8.74. The smallest absolute Gasteiger partial charge is 0.0771 e. The third kappa shape index (κ3) is 2.69. The van der Waals surface area contributed by atoms with E-state index in [0.717, 1.165) is 32.5 Å². The zero-order valence-corrected chi connectivity index (χ0v) is 8.02. The summed E-state index contributed by atoms with van der Waals surface area (Å²) in [5.41, 5.74) is 5.57. The highest BCUT2D eigenvalue weighted by Crippen LogP contribution is 2.15. The van der Waals surface area contributed by atoms with Crippen LogP contribution in [-0.4, -0.2) is 41.2 Å². The number of hydrogen-bond donors (Lipinski definition) is 2. The maximum absolute atomic E-state index is 8.74. The van der Waals surface area contributed by atoms with Gasteiger partial charge >= 0.3 is 0 Å². The maximum Gasteiger partial charge on any atom is 0.0771 e. The van der Waals surface area contributed by atoms with Crippen molar-refractivity contribution < 1.29 is 5.11 Å². The van der Waals surface area contributed by atoms with Crippen molar-refractivity contribution in [2.24, 2.45) is 11.7 Å². The van der Waals surface area contributed by atoms with Crippen LogP contribution in [0.2, 0.25) is 0 Å². The minimum absolute atomic E-state index is 0.226. The number of likely N-dealkylation sites (tertiary alicyclic amines) is 1. The van der Waals surface area contributed by atoms with E-state index in [2.05, 4.69) is 4.90 Å². The van der Waals surface area contributed by atoms with Crippen LogP contribution in [0.25, 0.3) is 0 Å². The number of thiocarbonyl (C=S) groups is 1. The number of β-amino-alcohol motifs (C(OH)–C–C–N with tert-alkyl or cyclic N) is 1. The Bertz CT molecular complexity index is 161. The van der Waals surface area contributed by atoms with Crippen LogP contribution in [0.15, 0.2) is 0 Å². The lowest BCUT2D eigenvalue weighted by Crippen LogP contribution is -2.41. The van der Waals surface area contributed by atoms with Gasteiger partial charge in [-0.25, -0.2) is 0 Å². The summed E-state index contributed by atoms with van der Waals surface area (Å²) in [7, 11) is 0. The van der Waals surface area contributed by atoms with Crippen molar-refractivity contribution in [2.75, 3.05) is 26.2 Å². The number of aliphatic hydroxyl groups is 1. The molecule has 0 spiro atoms. The van der Waals surface area contributed by atoms with Gasteiger partial charge in [0.25, 0.3) is 0 Å². The first-order valence-corrected chi connectivity index (χ1v) is 4.77. The lowest BCUT2D eigenvalue weighted by molar-refractivity contribution is 0.159. The lowest BCUT2D eigenvalue weighted by Gasteiger charge is -2.31. The summed E-state index contributed by atoms with van der Waals surface area (Å²) in [5, 5.41) is 8.74. The summed E-state index contributed by atoms with van der Waals surface area (Å²) in [6.45, 7) is 2.97. The van der Waals surface area contributed by atoms with E-state index >= 15 is 0 Å². The molecule has 0 radical (unpaired) electrons. The normalized spacial score (nSPS) is 25.6. The Labute approximate surface area is 78.5 Å². The Hall–Kier alpha value is -0.190. The first-order chi connectivity index (χ1) is 5.74. The molecular weight excluding hydrogens is 172 g/mol. The second kappa shape index (κ2) is 4.74. The molecule has 1 rings (SSSR count). The quantitative estimate of drug-likeness (QED) is 0.611. The number of rotatable bonds is 3. The highest BCUT2D eigenvalue weighted by atomic mass is 32.1. The van der Waals surface area contributed by atoms with E-state index in [-0.39, 0.29) is 6.61 Å². The molecular formula is C8H16N2OS. The van der Waals surface area contributed by atoms with Crippen LogP contribution < -0.4 is 5.73 Å². The zero-order chi connectivity index (χ0) is 8.97. The molecule has 1 heterocycles. The fourth-order valence-corrected chi connectivity index (χ4v) is 1.82. The van der Waals surface area contributed by atoms with Gasteiger partial charge in [-0.15, -0.1) is 0 Å². The van der Waals surface area contributed by atoms with Gasteiger partial charge in [0.2, 0.25) is 0 Å². The minimum Gasteiger partial charge on any atom is -0.395 e. The van der Waals surface area contributed by atoms with Crippen LogP contribution in [0.3, 0.4) is 0 Å². The summed E-state index contributed by atoms with van der Waals surface area (Å²) >= 11 is 4.94. The number of hydrogen-bond acceptors (Lipinski definition) is 3. The predicted octanol–water partition coefficient (Wildman–Crippen LogP) is -0.0232. The highest BCUT2D eigenvalue weighted by molar-refractivity contribution is 7.80. The van der Waals surface area contributed by atoms with Crippen molar-refractivity contribution in [1.82, 2.24) is 4.90 Å². The molecule has 3 N–H and O–H groups in total. The fraction of sp³-hybridized carbons (Fsp3) is 0.875. The lowest BCUT2D eigenvalue weighted by atomic mass is 9.98. The van der Waals surface area contributed by atoms with E-state index in [4.69, 9.17) is 23.1 Å². The van der Waals surface area contributed by atoms with Gasteiger partial charge in [0.15, 0.2) is 0 Å². The summed E-state index contributed by atoms with van der Waals surface area (Å²) < 4.78 is 0. The predicted molar refractivity (Wildman–Crippen MR) is 53.0 cm³/mol. The molecule has 3 nitrogen and oxygen atoms in total. The number of nitrogens with two attached hydrogens (primary N) is 1. The van der Waals surface area contributed by atoms with Crippen LogP contribution in [0.1, 0.15) is 12.8 Å². The number of piperidine rings is 1. The average Bonchev–Trinajstić information content (AvgIpc) is 2.05. The monoisotopic (exact) mass is 188 g/mol. The van der Waals surface area contributed by atoms with Gasteiger partial charge in [-0.05, 0) is 19.4 Å². The molecule has 1 saturated heterocycles. The Kier molecular flexibility index (Phi) is 3.91. The van der Waals surface area contributed by atoms with Gasteiger partial charge in [0.05, 0.1) is 11.6 Å². The van der Waals surface area contributed by atoms with Crippen molar-refractivity contribution in [3.05, 3.63) is 0 Å². The van der Waals surface area contributed by atoms with Crippen LogP contribution in [0.4, 0.5) is 0 Å². The molecule has 0 bridgehead atoms. The van der Waals surface area contributed by atoms with Crippen molar-refractivity contribution in [1.29, 1.82) is 0 Å². The van der Waals surface area contributed by atoms with Crippen molar-refractivity contribution in [3.63, 3.8) is 0 Å². The van der Waals surface area contributed by atoms with Gasteiger partial charge in [-0.1, -0.05) is 12.2 Å². The van der Waals surface area contributed by atoms with Crippen molar-refractivity contribution in [2.45, 2.75) is 12.8 Å². The third-order valence-corrected chi connectivity index (χ3v) is 2.66. The molecule has 4 heteroatoms. The molecule has 1 unspecified atom stereocenters. The zero-order valence-electron chi connectivity index (χ0n) is 7.20. The van der Waals surface area contributed by atoms with E-state index < -0.39 is 0 Å². The van der Waals surface area contributed by atoms with Crippen molar-refractivity contribution in [3.8, 4) is 0 Å². The summed E-state index contributed by atoms with van der Waals surface area (Å²) in [6.07, 6.45) is 2.25.